The SMILES string of the molecule is Cc1cn[nH]c1[C@@H]1CCCCN1C(=O)c1cc(=O)[nH]c(=O)[nH]1. The third kappa shape index (κ3) is 2.59. The highest BCUT2D eigenvalue weighted by molar-refractivity contribution is 5.92. The zero-order chi connectivity index (χ0) is 15.7. The van der Waals surface area contributed by atoms with Crippen molar-refractivity contribution < 1.29 is 4.79 Å². The Morgan fingerprint density at radius 2 is 2.14 bits per heavy atom. The van der Waals surface area contributed by atoms with Gasteiger partial charge in [-0.1, -0.05) is 0 Å². The average Bonchev–Trinajstić information content (AvgIpc) is 2.91. The first-order valence-electron chi connectivity index (χ1n) is 7.21. The van der Waals surface area contributed by atoms with Gasteiger partial charge in [0, 0.05) is 12.6 Å². The van der Waals surface area contributed by atoms with Gasteiger partial charge in [0.05, 0.1) is 17.9 Å². The van der Waals surface area contributed by atoms with Crippen LogP contribution in [0.15, 0.2) is 21.9 Å². The number of likely N-dealkylation sites (tertiary alicyclic amines) is 1. The fraction of sp³-hybridized carbons (Fsp3) is 0.429. The van der Waals surface area contributed by atoms with E-state index in [-0.39, 0.29) is 17.6 Å². The Hall–Kier alpha value is -2.64. The molecule has 0 aliphatic carbocycles. The highest BCUT2D eigenvalue weighted by Crippen LogP contribution is 2.32. The smallest absolute Gasteiger partial charge is 0.326 e. The maximum Gasteiger partial charge on any atom is 0.326 e. The molecule has 3 N–H and O–H groups in total. The minimum absolute atomic E-state index is 0.0119. The number of hydrogen-bond acceptors (Lipinski definition) is 4. The van der Waals surface area contributed by atoms with E-state index in [2.05, 4.69) is 20.2 Å². The van der Waals surface area contributed by atoms with Gasteiger partial charge in [0.2, 0.25) is 0 Å². The van der Waals surface area contributed by atoms with Crippen molar-refractivity contribution in [1.29, 1.82) is 0 Å². The van der Waals surface area contributed by atoms with E-state index >= 15 is 0 Å². The molecule has 1 saturated heterocycles. The van der Waals surface area contributed by atoms with Gasteiger partial charge in [-0.05, 0) is 31.7 Å². The Balaban J connectivity index is 1.97. The maximum absolute atomic E-state index is 12.7. The lowest BCUT2D eigenvalue weighted by Gasteiger charge is -2.35. The van der Waals surface area contributed by atoms with E-state index in [9.17, 15) is 14.4 Å². The molecule has 116 valence electrons. The molecule has 0 radical (unpaired) electrons. The predicted molar refractivity (Wildman–Crippen MR) is 78.6 cm³/mol. The van der Waals surface area contributed by atoms with Crippen LogP contribution >= 0.6 is 0 Å². The van der Waals surface area contributed by atoms with Gasteiger partial charge in [0.25, 0.3) is 11.5 Å². The van der Waals surface area contributed by atoms with Crippen LogP contribution in [0.5, 0.6) is 0 Å². The second-order valence-electron chi connectivity index (χ2n) is 5.48. The molecule has 0 aromatic carbocycles. The first-order valence-corrected chi connectivity index (χ1v) is 7.21. The molecule has 8 nitrogen and oxygen atoms in total. The molecule has 8 heteroatoms. The number of carbonyl (C=O) groups is 1. The van der Waals surface area contributed by atoms with E-state index in [1.807, 2.05) is 6.92 Å². The molecule has 22 heavy (non-hydrogen) atoms. The Kier molecular flexibility index (Phi) is 3.66. The van der Waals surface area contributed by atoms with Gasteiger partial charge in [-0.15, -0.1) is 0 Å². The molecular formula is C14H17N5O3. The van der Waals surface area contributed by atoms with Gasteiger partial charge in [0.15, 0.2) is 0 Å². The Morgan fingerprint density at radius 3 is 2.82 bits per heavy atom. The number of amides is 1. The standard InChI is InChI=1S/C14H17N5O3/c1-8-7-15-18-12(8)10-4-2-3-5-19(10)13(21)9-6-11(20)17-14(22)16-9/h6-7,10H,2-5H2,1H3,(H,15,18)(H2,16,17,20,22)/t10-/m0/s1. The molecule has 1 aliphatic rings. The minimum atomic E-state index is -0.679. The van der Waals surface area contributed by atoms with Crippen LogP contribution < -0.4 is 11.2 Å². The number of aromatic nitrogens is 4. The summed E-state index contributed by atoms with van der Waals surface area (Å²) in [5, 5.41) is 6.97. The van der Waals surface area contributed by atoms with E-state index < -0.39 is 11.2 Å². The van der Waals surface area contributed by atoms with Crippen LogP contribution in [0.25, 0.3) is 0 Å². The topological polar surface area (TPSA) is 115 Å². The van der Waals surface area contributed by atoms with Gasteiger partial charge in [0.1, 0.15) is 5.69 Å². The van der Waals surface area contributed by atoms with Crippen molar-refractivity contribution in [3.05, 3.63) is 50.1 Å². The van der Waals surface area contributed by atoms with Crippen molar-refractivity contribution in [2.45, 2.75) is 32.2 Å². The Bertz CT molecular complexity index is 775. The molecule has 1 atom stereocenters. The molecular weight excluding hydrogens is 286 g/mol. The Labute approximate surface area is 125 Å². The summed E-state index contributed by atoms with van der Waals surface area (Å²) in [5.41, 5.74) is 0.641. The number of aromatic amines is 3. The van der Waals surface area contributed by atoms with Gasteiger partial charge in [-0.2, -0.15) is 5.10 Å². The largest absolute Gasteiger partial charge is 0.329 e. The summed E-state index contributed by atoms with van der Waals surface area (Å²) in [5.74, 6) is -0.345. The number of carbonyl (C=O) groups excluding carboxylic acids is 1. The molecule has 1 amide bonds. The molecule has 1 aliphatic heterocycles. The van der Waals surface area contributed by atoms with Crippen LogP contribution in [0.1, 0.15) is 47.1 Å². The van der Waals surface area contributed by atoms with Crippen molar-refractivity contribution in [2.24, 2.45) is 0 Å². The lowest BCUT2D eigenvalue weighted by molar-refractivity contribution is 0.0598. The van der Waals surface area contributed by atoms with E-state index in [1.54, 1.807) is 11.1 Å². The van der Waals surface area contributed by atoms with Crippen LogP contribution in [-0.2, 0) is 0 Å². The van der Waals surface area contributed by atoms with E-state index in [1.165, 1.54) is 0 Å². The summed E-state index contributed by atoms with van der Waals surface area (Å²) in [6.45, 7) is 2.52. The highest BCUT2D eigenvalue weighted by atomic mass is 16.2. The summed E-state index contributed by atoms with van der Waals surface area (Å²) in [4.78, 5) is 41.6. The summed E-state index contributed by atoms with van der Waals surface area (Å²) >= 11 is 0. The molecule has 0 unspecified atom stereocenters. The number of nitrogens with one attached hydrogen (secondary N) is 3. The maximum atomic E-state index is 12.7. The zero-order valence-corrected chi connectivity index (χ0v) is 12.2. The number of H-pyrrole nitrogens is 3. The molecule has 2 aromatic rings. The summed E-state index contributed by atoms with van der Waals surface area (Å²) in [7, 11) is 0. The van der Waals surface area contributed by atoms with Crippen LogP contribution in [0.3, 0.4) is 0 Å². The summed E-state index contributed by atoms with van der Waals surface area (Å²) in [6, 6.07) is 1.00. The van der Waals surface area contributed by atoms with Gasteiger partial charge < -0.3 is 9.88 Å². The first kappa shape index (κ1) is 14.3. The van der Waals surface area contributed by atoms with Gasteiger partial charge in [-0.25, -0.2) is 4.79 Å². The van der Waals surface area contributed by atoms with Crippen molar-refractivity contribution in [3.8, 4) is 0 Å². The highest BCUT2D eigenvalue weighted by Gasteiger charge is 2.31. The monoisotopic (exact) mass is 303 g/mol. The third-order valence-electron chi connectivity index (χ3n) is 3.96. The van der Waals surface area contributed by atoms with E-state index in [0.29, 0.717) is 6.54 Å². The minimum Gasteiger partial charge on any atom is -0.329 e. The molecule has 2 aromatic heterocycles. The number of nitrogens with zero attached hydrogens (tertiary/aromatic N) is 2. The fourth-order valence-corrected chi connectivity index (χ4v) is 2.91. The van der Waals surface area contributed by atoms with Crippen LogP contribution in [0.4, 0.5) is 0 Å². The van der Waals surface area contributed by atoms with Gasteiger partial charge in [-0.3, -0.25) is 19.7 Å². The second kappa shape index (κ2) is 5.63. The number of aryl methyl sites for hydroxylation is 1. The van der Waals surface area contributed by atoms with E-state index in [4.69, 9.17) is 0 Å². The third-order valence-corrected chi connectivity index (χ3v) is 3.96. The van der Waals surface area contributed by atoms with Crippen molar-refractivity contribution >= 4 is 5.91 Å². The normalized spacial score (nSPS) is 18.4. The quantitative estimate of drug-likeness (QED) is 0.747. The van der Waals surface area contributed by atoms with Crippen molar-refractivity contribution in [2.75, 3.05) is 6.54 Å². The molecule has 3 rings (SSSR count). The summed E-state index contributed by atoms with van der Waals surface area (Å²) < 4.78 is 0. The lowest BCUT2D eigenvalue weighted by Crippen LogP contribution is -2.40. The Morgan fingerprint density at radius 1 is 1.32 bits per heavy atom. The van der Waals surface area contributed by atoms with Crippen molar-refractivity contribution in [1.82, 2.24) is 25.1 Å². The molecule has 1 fully saturated rings. The number of rotatable bonds is 2. The average molecular weight is 303 g/mol. The van der Waals surface area contributed by atoms with Crippen LogP contribution in [0, 0.1) is 6.92 Å². The predicted octanol–water partition coefficient (Wildman–Crippen LogP) is 0.462. The van der Waals surface area contributed by atoms with Crippen LogP contribution in [-0.4, -0.2) is 37.5 Å². The zero-order valence-electron chi connectivity index (χ0n) is 12.2. The van der Waals surface area contributed by atoms with Crippen LogP contribution in [0.2, 0.25) is 0 Å². The number of hydrogen-bond donors (Lipinski definition) is 3. The first-order chi connectivity index (χ1) is 10.6. The number of piperidine rings is 1. The molecule has 0 spiro atoms. The van der Waals surface area contributed by atoms with Crippen molar-refractivity contribution in [3.63, 3.8) is 0 Å². The summed E-state index contributed by atoms with van der Waals surface area (Å²) in [6.07, 6.45) is 4.45. The lowest BCUT2D eigenvalue weighted by atomic mass is 9.97. The molecule has 3 heterocycles. The molecule has 0 saturated carbocycles. The van der Waals surface area contributed by atoms with Gasteiger partial charge >= 0.3 is 5.69 Å². The molecule has 0 bridgehead atoms. The fourth-order valence-electron chi connectivity index (χ4n) is 2.91. The second-order valence-corrected chi connectivity index (χ2v) is 5.48. The van der Waals surface area contributed by atoms with E-state index in [0.717, 1.165) is 36.6 Å².